The number of nitrogen functional groups attached to an aromatic ring is 1. The van der Waals surface area contributed by atoms with Gasteiger partial charge < -0.3 is 11.1 Å². The van der Waals surface area contributed by atoms with Crippen LogP contribution in [-0.4, -0.2) is 16.9 Å². The molecule has 1 amide bonds. The average Bonchev–Trinajstić information content (AvgIpc) is 2.21. The first-order chi connectivity index (χ1) is 7.04. The highest BCUT2D eigenvalue weighted by Crippen LogP contribution is 2.15. The van der Waals surface area contributed by atoms with Crippen molar-refractivity contribution in [2.75, 3.05) is 5.73 Å². The summed E-state index contributed by atoms with van der Waals surface area (Å²) in [4.78, 5) is 15.6. The summed E-state index contributed by atoms with van der Waals surface area (Å²) in [5, 5.41) is 2.83. The summed E-state index contributed by atoms with van der Waals surface area (Å²) in [6.07, 6.45) is 2.45. The molecule has 3 N–H and O–H groups in total. The van der Waals surface area contributed by atoms with Crippen LogP contribution in [0.2, 0.25) is 0 Å². The van der Waals surface area contributed by atoms with Crippen molar-refractivity contribution in [2.45, 2.75) is 26.3 Å². The number of hydrogen-bond acceptors (Lipinski definition) is 3. The van der Waals surface area contributed by atoms with Crippen molar-refractivity contribution < 1.29 is 4.79 Å². The van der Waals surface area contributed by atoms with E-state index >= 15 is 0 Å². The molecule has 4 nitrogen and oxygen atoms in total. The first-order valence-electron chi connectivity index (χ1n) is 4.76. The van der Waals surface area contributed by atoms with E-state index in [1.54, 1.807) is 12.3 Å². The first-order valence-corrected chi connectivity index (χ1v) is 5.55. The van der Waals surface area contributed by atoms with Crippen LogP contribution < -0.4 is 11.1 Å². The molecule has 0 aliphatic rings. The van der Waals surface area contributed by atoms with Crippen LogP contribution in [0.5, 0.6) is 0 Å². The van der Waals surface area contributed by atoms with Crippen LogP contribution in [0.1, 0.15) is 30.6 Å². The molecule has 0 unspecified atom stereocenters. The van der Waals surface area contributed by atoms with Gasteiger partial charge in [0.25, 0.3) is 5.91 Å². The third-order valence-electron chi connectivity index (χ3n) is 2.12. The topological polar surface area (TPSA) is 68.0 Å². The molecule has 1 aromatic heterocycles. The van der Waals surface area contributed by atoms with Gasteiger partial charge in [0.05, 0.1) is 5.56 Å². The zero-order chi connectivity index (χ0) is 11.4. The molecule has 1 heterocycles. The molecular weight excluding hydrogens is 258 g/mol. The Kier molecular flexibility index (Phi) is 4.08. The maximum absolute atomic E-state index is 11.7. The van der Waals surface area contributed by atoms with E-state index in [1.165, 1.54) is 0 Å². The molecule has 0 aliphatic heterocycles. The van der Waals surface area contributed by atoms with Crippen molar-refractivity contribution in [2.24, 2.45) is 0 Å². The van der Waals surface area contributed by atoms with Gasteiger partial charge >= 0.3 is 0 Å². The molecule has 1 aromatic rings. The normalized spacial score (nSPS) is 12.2. The van der Waals surface area contributed by atoms with Crippen LogP contribution in [0.15, 0.2) is 16.7 Å². The molecule has 5 heteroatoms. The zero-order valence-electron chi connectivity index (χ0n) is 8.75. The van der Waals surface area contributed by atoms with Gasteiger partial charge in [0, 0.05) is 16.7 Å². The van der Waals surface area contributed by atoms with Gasteiger partial charge in [-0.1, -0.05) is 6.92 Å². The first kappa shape index (κ1) is 12.0. The summed E-state index contributed by atoms with van der Waals surface area (Å²) in [6.45, 7) is 3.95. The van der Waals surface area contributed by atoms with E-state index in [0.29, 0.717) is 5.56 Å². The summed E-state index contributed by atoms with van der Waals surface area (Å²) >= 11 is 3.25. The highest BCUT2D eigenvalue weighted by atomic mass is 79.9. The largest absolute Gasteiger partial charge is 0.383 e. The Balaban J connectivity index is 2.86. The minimum absolute atomic E-state index is 0.135. The van der Waals surface area contributed by atoms with Gasteiger partial charge in [-0.3, -0.25) is 4.79 Å². The molecule has 82 valence electrons. The summed E-state index contributed by atoms with van der Waals surface area (Å²) in [5.74, 6) is 0.0645. The van der Waals surface area contributed by atoms with Crippen molar-refractivity contribution in [1.29, 1.82) is 0 Å². The molecule has 1 rings (SSSR count). The van der Waals surface area contributed by atoms with E-state index in [9.17, 15) is 4.79 Å². The fourth-order valence-electron chi connectivity index (χ4n) is 1.04. The highest BCUT2D eigenvalue weighted by molar-refractivity contribution is 9.10. The Morgan fingerprint density at radius 1 is 1.73 bits per heavy atom. The van der Waals surface area contributed by atoms with Crippen molar-refractivity contribution >= 4 is 27.7 Å². The lowest BCUT2D eigenvalue weighted by Crippen LogP contribution is -2.32. The number of halogens is 1. The van der Waals surface area contributed by atoms with Crippen LogP contribution in [0.3, 0.4) is 0 Å². The fraction of sp³-hybridized carbons (Fsp3) is 0.400. The molecule has 0 spiro atoms. The molecular formula is C10H14BrN3O. The Morgan fingerprint density at radius 2 is 2.40 bits per heavy atom. The van der Waals surface area contributed by atoms with Gasteiger partial charge in [-0.2, -0.15) is 0 Å². The number of hydrogen-bond donors (Lipinski definition) is 2. The molecule has 15 heavy (non-hydrogen) atoms. The van der Waals surface area contributed by atoms with Gasteiger partial charge in [0.1, 0.15) is 5.82 Å². The SMILES string of the molecule is CC[C@H](C)NC(=O)c1cc(Br)cnc1N. The van der Waals surface area contributed by atoms with E-state index in [0.717, 1.165) is 10.9 Å². The Labute approximate surface area is 97.4 Å². The Morgan fingerprint density at radius 3 is 3.00 bits per heavy atom. The molecule has 0 fully saturated rings. The van der Waals surface area contributed by atoms with E-state index < -0.39 is 0 Å². The average molecular weight is 272 g/mol. The second-order valence-electron chi connectivity index (χ2n) is 3.37. The van der Waals surface area contributed by atoms with Crippen LogP contribution in [0, 0.1) is 0 Å². The molecule has 0 bridgehead atoms. The number of carbonyl (C=O) groups is 1. The van der Waals surface area contributed by atoms with E-state index in [2.05, 4.69) is 26.2 Å². The lowest BCUT2D eigenvalue weighted by molar-refractivity contribution is 0.0940. The molecule has 0 aliphatic carbocycles. The lowest BCUT2D eigenvalue weighted by atomic mass is 10.2. The minimum Gasteiger partial charge on any atom is -0.383 e. The molecule has 0 saturated carbocycles. The van der Waals surface area contributed by atoms with Crippen LogP contribution in [0.4, 0.5) is 5.82 Å². The third kappa shape index (κ3) is 3.20. The number of pyridine rings is 1. The number of carbonyl (C=O) groups excluding carboxylic acids is 1. The minimum atomic E-state index is -0.185. The van der Waals surface area contributed by atoms with Crippen LogP contribution >= 0.6 is 15.9 Å². The van der Waals surface area contributed by atoms with Crippen LogP contribution in [-0.2, 0) is 0 Å². The van der Waals surface area contributed by atoms with Crippen LogP contribution in [0.25, 0.3) is 0 Å². The van der Waals surface area contributed by atoms with Crippen molar-refractivity contribution in [3.8, 4) is 0 Å². The summed E-state index contributed by atoms with van der Waals surface area (Å²) < 4.78 is 0.742. The zero-order valence-corrected chi connectivity index (χ0v) is 10.3. The fourth-order valence-corrected chi connectivity index (χ4v) is 1.37. The highest BCUT2D eigenvalue weighted by Gasteiger charge is 2.12. The van der Waals surface area contributed by atoms with Crippen molar-refractivity contribution in [1.82, 2.24) is 10.3 Å². The van der Waals surface area contributed by atoms with Gasteiger partial charge in [0.15, 0.2) is 0 Å². The molecule has 0 saturated heterocycles. The second kappa shape index (κ2) is 5.11. The number of nitrogens with zero attached hydrogens (tertiary/aromatic N) is 1. The summed E-state index contributed by atoms with van der Waals surface area (Å²) in [6, 6.07) is 1.80. The quantitative estimate of drug-likeness (QED) is 0.883. The number of rotatable bonds is 3. The summed E-state index contributed by atoms with van der Waals surface area (Å²) in [5.41, 5.74) is 6.02. The third-order valence-corrected chi connectivity index (χ3v) is 2.55. The maximum atomic E-state index is 11.7. The van der Waals surface area contributed by atoms with Gasteiger partial charge in [-0.05, 0) is 35.3 Å². The van der Waals surface area contributed by atoms with E-state index in [-0.39, 0.29) is 17.8 Å². The predicted molar refractivity (Wildman–Crippen MR) is 63.6 cm³/mol. The van der Waals surface area contributed by atoms with Crippen molar-refractivity contribution in [3.63, 3.8) is 0 Å². The summed E-state index contributed by atoms with van der Waals surface area (Å²) in [7, 11) is 0. The maximum Gasteiger partial charge on any atom is 0.255 e. The smallest absolute Gasteiger partial charge is 0.255 e. The van der Waals surface area contributed by atoms with Gasteiger partial charge in [-0.15, -0.1) is 0 Å². The predicted octanol–water partition coefficient (Wildman–Crippen LogP) is 1.95. The van der Waals surface area contributed by atoms with Crippen molar-refractivity contribution in [3.05, 3.63) is 22.3 Å². The monoisotopic (exact) mass is 271 g/mol. The Hall–Kier alpha value is -1.10. The lowest BCUT2D eigenvalue weighted by Gasteiger charge is -2.12. The standard InChI is InChI=1S/C10H14BrN3O/c1-3-6(2)14-10(15)8-4-7(11)5-13-9(8)12/h4-6H,3H2,1-2H3,(H2,12,13)(H,14,15)/t6-/m0/s1. The van der Waals surface area contributed by atoms with Gasteiger partial charge in [-0.25, -0.2) is 4.98 Å². The second-order valence-corrected chi connectivity index (χ2v) is 4.28. The number of nitrogens with two attached hydrogens (primary N) is 1. The number of nitrogens with one attached hydrogen (secondary N) is 1. The van der Waals surface area contributed by atoms with E-state index in [1.807, 2.05) is 13.8 Å². The molecule has 0 aromatic carbocycles. The molecule has 1 atom stereocenters. The number of amides is 1. The molecule has 0 radical (unpaired) electrons. The number of anilines is 1. The van der Waals surface area contributed by atoms with E-state index in [4.69, 9.17) is 5.73 Å². The van der Waals surface area contributed by atoms with Gasteiger partial charge in [0.2, 0.25) is 0 Å². The number of aromatic nitrogens is 1. The Bertz CT molecular complexity index is 368.